The van der Waals surface area contributed by atoms with Gasteiger partial charge in [-0.25, -0.2) is 0 Å². The summed E-state index contributed by atoms with van der Waals surface area (Å²) in [5, 5.41) is 14.0. The predicted octanol–water partition coefficient (Wildman–Crippen LogP) is 3.59. The minimum absolute atomic E-state index is 0.0867. The number of carbonyl (C=O) groups is 1. The van der Waals surface area contributed by atoms with Crippen LogP contribution in [0.5, 0.6) is 0 Å². The third-order valence-electron chi connectivity index (χ3n) is 3.57. The second-order valence-corrected chi connectivity index (χ2v) is 5.79. The molecule has 0 aliphatic rings. The molecule has 20 heavy (non-hydrogen) atoms. The molecule has 1 aromatic carbocycles. The van der Waals surface area contributed by atoms with Crippen LogP contribution in [0.25, 0.3) is 0 Å². The van der Waals surface area contributed by atoms with Crippen LogP contribution in [0.4, 0.5) is 0 Å². The standard InChI is InChI=1S/C15H21Cl2NO2/c1-3-15(20,4-2)10-18-14(19)8-6-11-5-7-12(16)9-13(11)17/h5,7,9,20H,3-4,6,8,10H2,1-2H3,(H,18,19). The Morgan fingerprint density at radius 1 is 1.30 bits per heavy atom. The highest BCUT2D eigenvalue weighted by Gasteiger charge is 2.22. The first-order valence-corrected chi connectivity index (χ1v) is 7.59. The molecule has 0 aromatic heterocycles. The van der Waals surface area contributed by atoms with E-state index in [0.717, 1.165) is 5.56 Å². The van der Waals surface area contributed by atoms with Crippen molar-refractivity contribution in [3.05, 3.63) is 33.8 Å². The molecule has 1 aromatic rings. The zero-order valence-corrected chi connectivity index (χ0v) is 13.4. The molecule has 0 heterocycles. The van der Waals surface area contributed by atoms with Crippen molar-refractivity contribution in [2.45, 2.75) is 45.1 Å². The molecule has 0 atom stereocenters. The molecule has 0 bridgehead atoms. The fraction of sp³-hybridized carbons (Fsp3) is 0.533. The van der Waals surface area contributed by atoms with E-state index in [9.17, 15) is 9.90 Å². The lowest BCUT2D eigenvalue weighted by molar-refractivity contribution is -0.122. The molecule has 112 valence electrons. The largest absolute Gasteiger partial charge is 0.388 e. The topological polar surface area (TPSA) is 49.3 Å². The van der Waals surface area contributed by atoms with Crippen LogP contribution in [0.15, 0.2) is 18.2 Å². The average Bonchev–Trinajstić information content (AvgIpc) is 2.44. The Hall–Kier alpha value is -0.770. The summed E-state index contributed by atoms with van der Waals surface area (Å²) in [6.07, 6.45) is 2.13. The summed E-state index contributed by atoms with van der Waals surface area (Å²) in [6.45, 7) is 4.10. The number of amides is 1. The fourth-order valence-electron chi connectivity index (χ4n) is 1.82. The number of benzene rings is 1. The van der Waals surface area contributed by atoms with Crippen LogP contribution in [0.1, 0.15) is 38.7 Å². The van der Waals surface area contributed by atoms with Crippen molar-refractivity contribution in [3.63, 3.8) is 0 Å². The molecular formula is C15H21Cl2NO2. The van der Waals surface area contributed by atoms with Crippen molar-refractivity contribution >= 4 is 29.1 Å². The van der Waals surface area contributed by atoms with Crippen LogP contribution in [0.2, 0.25) is 10.0 Å². The normalized spacial score (nSPS) is 11.4. The molecule has 1 amide bonds. The van der Waals surface area contributed by atoms with E-state index < -0.39 is 5.60 Å². The van der Waals surface area contributed by atoms with E-state index in [1.54, 1.807) is 12.1 Å². The van der Waals surface area contributed by atoms with Crippen molar-refractivity contribution in [1.29, 1.82) is 0 Å². The molecule has 0 fully saturated rings. The molecule has 5 heteroatoms. The molecule has 1 rings (SSSR count). The van der Waals surface area contributed by atoms with Gasteiger partial charge in [0.1, 0.15) is 0 Å². The lowest BCUT2D eigenvalue weighted by Gasteiger charge is -2.25. The van der Waals surface area contributed by atoms with Crippen molar-refractivity contribution in [2.75, 3.05) is 6.54 Å². The van der Waals surface area contributed by atoms with Gasteiger partial charge in [-0.05, 0) is 37.0 Å². The molecule has 3 nitrogen and oxygen atoms in total. The Kier molecular flexibility index (Phi) is 6.80. The van der Waals surface area contributed by atoms with E-state index >= 15 is 0 Å². The third-order valence-corrected chi connectivity index (χ3v) is 4.15. The van der Waals surface area contributed by atoms with E-state index in [-0.39, 0.29) is 12.5 Å². The first-order valence-electron chi connectivity index (χ1n) is 6.83. The monoisotopic (exact) mass is 317 g/mol. The molecule has 0 spiro atoms. The quantitative estimate of drug-likeness (QED) is 0.807. The maximum absolute atomic E-state index is 11.8. The average molecular weight is 318 g/mol. The number of hydrogen-bond acceptors (Lipinski definition) is 2. The summed E-state index contributed by atoms with van der Waals surface area (Å²) in [5.74, 6) is -0.0867. The lowest BCUT2D eigenvalue weighted by Crippen LogP contribution is -2.42. The van der Waals surface area contributed by atoms with Gasteiger partial charge < -0.3 is 10.4 Å². The molecule has 0 saturated carbocycles. The highest BCUT2D eigenvalue weighted by Crippen LogP contribution is 2.22. The number of aryl methyl sites for hydroxylation is 1. The lowest BCUT2D eigenvalue weighted by atomic mass is 9.97. The van der Waals surface area contributed by atoms with Crippen molar-refractivity contribution < 1.29 is 9.90 Å². The number of hydrogen-bond donors (Lipinski definition) is 2. The summed E-state index contributed by atoms with van der Waals surface area (Å²) < 4.78 is 0. The smallest absolute Gasteiger partial charge is 0.220 e. The zero-order valence-electron chi connectivity index (χ0n) is 11.9. The van der Waals surface area contributed by atoms with Crippen LogP contribution in [-0.2, 0) is 11.2 Å². The Balaban J connectivity index is 2.44. The van der Waals surface area contributed by atoms with Crippen LogP contribution in [-0.4, -0.2) is 23.2 Å². The van der Waals surface area contributed by atoms with Gasteiger partial charge in [0.25, 0.3) is 0 Å². The van der Waals surface area contributed by atoms with Crippen molar-refractivity contribution in [3.8, 4) is 0 Å². The summed E-state index contributed by atoms with van der Waals surface area (Å²) >= 11 is 11.9. The Bertz CT molecular complexity index is 459. The summed E-state index contributed by atoms with van der Waals surface area (Å²) in [7, 11) is 0. The molecular weight excluding hydrogens is 297 g/mol. The number of carbonyl (C=O) groups excluding carboxylic acids is 1. The van der Waals surface area contributed by atoms with E-state index in [1.165, 1.54) is 0 Å². The van der Waals surface area contributed by atoms with Crippen molar-refractivity contribution in [1.82, 2.24) is 5.32 Å². The minimum atomic E-state index is -0.812. The van der Waals surface area contributed by atoms with Crippen LogP contribution in [0, 0.1) is 0 Å². The molecule has 2 N–H and O–H groups in total. The Morgan fingerprint density at radius 3 is 2.50 bits per heavy atom. The Labute approximate surface area is 130 Å². The summed E-state index contributed by atoms with van der Waals surface area (Å²) in [5.41, 5.74) is 0.0839. The second-order valence-electron chi connectivity index (χ2n) is 4.94. The molecule has 0 saturated heterocycles. The highest BCUT2D eigenvalue weighted by molar-refractivity contribution is 6.35. The van der Waals surface area contributed by atoms with Gasteiger partial charge in [0, 0.05) is 23.0 Å². The maximum Gasteiger partial charge on any atom is 0.220 e. The molecule has 0 aliphatic heterocycles. The molecule has 0 unspecified atom stereocenters. The van der Waals surface area contributed by atoms with Gasteiger partial charge in [0.15, 0.2) is 0 Å². The highest BCUT2D eigenvalue weighted by atomic mass is 35.5. The van der Waals surface area contributed by atoms with Gasteiger partial charge in [0.2, 0.25) is 5.91 Å². The summed E-state index contributed by atoms with van der Waals surface area (Å²) in [4.78, 5) is 11.8. The van der Waals surface area contributed by atoms with Gasteiger partial charge in [-0.3, -0.25) is 4.79 Å². The first-order chi connectivity index (χ1) is 9.40. The van der Waals surface area contributed by atoms with Crippen LogP contribution in [0.3, 0.4) is 0 Å². The molecule has 0 radical (unpaired) electrons. The number of halogens is 2. The number of nitrogens with one attached hydrogen (secondary N) is 1. The first kappa shape index (κ1) is 17.3. The van der Waals surface area contributed by atoms with Gasteiger partial charge in [0.05, 0.1) is 5.60 Å². The maximum atomic E-state index is 11.8. The van der Waals surface area contributed by atoms with Gasteiger partial charge >= 0.3 is 0 Å². The van der Waals surface area contributed by atoms with E-state index in [1.807, 2.05) is 19.9 Å². The van der Waals surface area contributed by atoms with Crippen LogP contribution >= 0.6 is 23.2 Å². The van der Waals surface area contributed by atoms with E-state index in [0.29, 0.717) is 35.7 Å². The van der Waals surface area contributed by atoms with Gasteiger partial charge in [-0.2, -0.15) is 0 Å². The second kappa shape index (κ2) is 7.87. The minimum Gasteiger partial charge on any atom is -0.388 e. The predicted molar refractivity (Wildman–Crippen MR) is 83.3 cm³/mol. The Morgan fingerprint density at radius 2 is 1.95 bits per heavy atom. The SMILES string of the molecule is CCC(O)(CC)CNC(=O)CCc1ccc(Cl)cc1Cl. The van der Waals surface area contributed by atoms with Gasteiger partial charge in [-0.15, -0.1) is 0 Å². The third kappa shape index (κ3) is 5.31. The number of aliphatic hydroxyl groups is 1. The fourth-order valence-corrected chi connectivity index (χ4v) is 2.33. The number of rotatable bonds is 7. The van der Waals surface area contributed by atoms with Crippen molar-refractivity contribution in [2.24, 2.45) is 0 Å². The van der Waals surface area contributed by atoms with Crippen LogP contribution < -0.4 is 5.32 Å². The summed E-state index contributed by atoms with van der Waals surface area (Å²) in [6, 6.07) is 5.25. The zero-order chi connectivity index (χ0) is 15.2. The van der Waals surface area contributed by atoms with Gasteiger partial charge in [-0.1, -0.05) is 43.1 Å². The van der Waals surface area contributed by atoms with E-state index in [4.69, 9.17) is 23.2 Å². The van der Waals surface area contributed by atoms with E-state index in [2.05, 4.69) is 5.32 Å². The molecule has 0 aliphatic carbocycles.